The van der Waals surface area contributed by atoms with E-state index in [0.717, 1.165) is 26.2 Å². The molecule has 0 bridgehead atoms. The van der Waals surface area contributed by atoms with Gasteiger partial charge in [0.2, 0.25) is 0 Å². The van der Waals surface area contributed by atoms with E-state index in [4.69, 9.17) is 0 Å². The first-order chi connectivity index (χ1) is 8.18. The average Bonchev–Trinajstić information content (AvgIpc) is 2.69. The minimum absolute atomic E-state index is 0.648. The minimum Gasteiger partial charge on any atom is -0.317 e. The van der Waals surface area contributed by atoms with E-state index in [1.807, 2.05) is 6.20 Å². The van der Waals surface area contributed by atoms with Gasteiger partial charge in [0.1, 0.15) is 0 Å². The lowest BCUT2D eigenvalue weighted by molar-refractivity contribution is 0.358. The Morgan fingerprint density at radius 3 is 2.82 bits per heavy atom. The summed E-state index contributed by atoms with van der Waals surface area (Å²) in [5.41, 5.74) is 1.38. The summed E-state index contributed by atoms with van der Waals surface area (Å²) in [6, 6.07) is 0. The zero-order chi connectivity index (χ0) is 12.3. The number of piperidine rings is 1. The highest BCUT2D eigenvalue weighted by Crippen LogP contribution is 2.30. The molecule has 4 nitrogen and oxygen atoms in total. The van der Waals surface area contributed by atoms with Crippen LogP contribution in [0.15, 0.2) is 10.7 Å². The third kappa shape index (κ3) is 3.30. The predicted octanol–water partition coefficient (Wildman–Crippen LogP) is 1.67. The zero-order valence-corrected chi connectivity index (χ0v) is 12.2. The first-order valence-electron chi connectivity index (χ1n) is 6.25. The molecule has 0 radical (unpaired) electrons. The second-order valence-corrected chi connectivity index (χ2v) is 5.78. The van der Waals surface area contributed by atoms with E-state index in [2.05, 4.69) is 50.0 Å². The Kier molecular flexibility index (Phi) is 4.59. The van der Waals surface area contributed by atoms with Crippen molar-refractivity contribution in [2.75, 3.05) is 33.7 Å². The third-order valence-corrected chi connectivity index (χ3v) is 3.93. The molecule has 0 amide bonds. The molecule has 2 rings (SSSR count). The van der Waals surface area contributed by atoms with Crippen molar-refractivity contribution in [3.05, 3.63) is 16.4 Å². The van der Waals surface area contributed by atoms with Crippen molar-refractivity contribution >= 4 is 15.9 Å². The Balaban J connectivity index is 2.10. The van der Waals surface area contributed by atoms with Crippen molar-refractivity contribution in [1.82, 2.24) is 20.0 Å². The van der Waals surface area contributed by atoms with Crippen molar-refractivity contribution < 1.29 is 0 Å². The number of likely N-dealkylation sites (N-methyl/N-ethyl adjacent to an activating group) is 1. The van der Waals surface area contributed by atoms with Crippen molar-refractivity contribution in [2.24, 2.45) is 0 Å². The molecule has 96 valence electrons. The highest BCUT2D eigenvalue weighted by molar-refractivity contribution is 9.10. The van der Waals surface area contributed by atoms with Gasteiger partial charge in [-0.05, 0) is 56.0 Å². The molecule has 2 heterocycles. The van der Waals surface area contributed by atoms with E-state index in [1.165, 1.54) is 23.0 Å². The lowest BCUT2D eigenvalue weighted by Crippen LogP contribution is -2.29. The maximum absolute atomic E-state index is 4.49. The van der Waals surface area contributed by atoms with Crippen LogP contribution in [0, 0.1) is 0 Å². The Hall–Kier alpha value is -0.390. The average molecular weight is 301 g/mol. The van der Waals surface area contributed by atoms with E-state index < -0.39 is 0 Å². The van der Waals surface area contributed by atoms with Gasteiger partial charge in [0, 0.05) is 12.5 Å². The molecule has 1 aromatic heterocycles. The van der Waals surface area contributed by atoms with Crippen molar-refractivity contribution in [3.8, 4) is 0 Å². The summed E-state index contributed by atoms with van der Waals surface area (Å²) < 4.78 is 3.34. The van der Waals surface area contributed by atoms with E-state index in [9.17, 15) is 0 Å². The van der Waals surface area contributed by atoms with Crippen LogP contribution >= 0.6 is 15.9 Å². The second kappa shape index (κ2) is 5.98. The SMILES string of the molecule is CN(C)CCn1ncc(Br)c1C1CCNCC1. The first kappa shape index (κ1) is 13.1. The van der Waals surface area contributed by atoms with Crippen LogP contribution in [0.3, 0.4) is 0 Å². The predicted molar refractivity (Wildman–Crippen MR) is 73.3 cm³/mol. The molecular weight excluding hydrogens is 280 g/mol. The Morgan fingerprint density at radius 1 is 1.47 bits per heavy atom. The maximum Gasteiger partial charge on any atom is 0.0635 e. The van der Waals surface area contributed by atoms with Crippen molar-refractivity contribution in [1.29, 1.82) is 0 Å². The standard InChI is InChI=1S/C12H21BrN4/c1-16(2)7-8-17-12(11(13)9-15-17)10-3-5-14-6-4-10/h9-10,14H,3-8H2,1-2H3. The minimum atomic E-state index is 0.648. The molecular formula is C12H21BrN4. The van der Waals surface area contributed by atoms with Crippen LogP contribution in [-0.2, 0) is 6.54 Å². The Morgan fingerprint density at radius 2 is 2.18 bits per heavy atom. The fourth-order valence-corrected chi connectivity index (χ4v) is 2.97. The number of rotatable bonds is 4. The summed E-state index contributed by atoms with van der Waals surface area (Å²) in [6.07, 6.45) is 4.37. The number of nitrogens with zero attached hydrogens (tertiary/aromatic N) is 3. The largest absolute Gasteiger partial charge is 0.317 e. The molecule has 17 heavy (non-hydrogen) atoms. The molecule has 1 aliphatic heterocycles. The van der Waals surface area contributed by atoms with E-state index in [0.29, 0.717) is 5.92 Å². The van der Waals surface area contributed by atoms with Crippen LogP contribution in [-0.4, -0.2) is 48.4 Å². The molecule has 0 unspecified atom stereocenters. The fraction of sp³-hybridized carbons (Fsp3) is 0.750. The number of nitrogens with one attached hydrogen (secondary N) is 1. The van der Waals surface area contributed by atoms with Gasteiger partial charge in [-0.15, -0.1) is 0 Å². The Labute approximate surface area is 111 Å². The molecule has 0 aromatic carbocycles. The Bertz CT molecular complexity index is 355. The van der Waals surface area contributed by atoms with Gasteiger partial charge in [0.05, 0.1) is 22.9 Å². The molecule has 1 aliphatic rings. The van der Waals surface area contributed by atoms with Gasteiger partial charge in [-0.1, -0.05) is 0 Å². The number of aromatic nitrogens is 2. The van der Waals surface area contributed by atoms with Crippen LogP contribution in [0.25, 0.3) is 0 Å². The summed E-state index contributed by atoms with van der Waals surface area (Å²) in [7, 11) is 4.20. The molecule has 0 spiro atoms. The molecule has 1 aromatic rings. The highest BCUT2D eigenvalue weighted by atomic mass is 79.9. The van der Waals surface area contributed by atoms with E-state index >= 15 is 0 Å². The molecule has 0 saturated carbocycles. The molecule has 0 aliphatic carbocycles. The topological polar surface area (TPSA) is 33.1 Å². The molecule has 1 fully saturated rings. The lowest BCUT2D eigenvalue weighted by Gasteiger charge is -2.24. The van der Waals surface area contributed by atoms with Crippen LogP contribution in [0.2, 0.25) is 0 Å². The van der Waals surface area contributed by atoms with Crippen molar-refractivity contribution in [3.63, 3.8) is 0 Å². The van der Waals surface area contributed by atoms with Gasteiger partial charge in [-0.25, -0.2) is 0 Å². The van der Waals surface area contributed by atoms with E-state index in [1.54, 1.807) is 0 Å². The summed E-state index contributed by atoms with van der Waals surface area (Å²) in [4.78, 5) is 2.20. The second-order valence-electron chi connectivity index (χ2n) is 4.93. The normalized spacial score (nSPS) is 17.9. The van der Waals surface area contributed by atoms with Gasteiger partial charge >= 0.3 is 0 Å². The smallest absolute Gasteiger partial charge is 0.0635 e. The highest BCUT2D eigenvalue weighted by Gasteiger charge is 2.21. The van der Waals surface area contributed by atoms with E-state index in [-0.39, 0.29) is 0 Å². The van der Waals surface area contributed by atoms with Gasteiger partial charge in [0.15, 0.2) is 0 Å². The first-order valence-corrected chi connectivity index (χ1v) is 7.04. The van der Waals surface area contributed by atoms with Crippen LogP contribution in [0.4, 0.5) is 0 Å². The summed E-state index contributed by atoms with van der Waals surface area (Å²) in [6.45, 7) is 4.25. The molecule has 1 saturated heterocycles. The molecule has 0 atom stereocenters. The maximum atomic E-state index is 4.49. The quantitative estimate of drug-likeness (QED) is 0.918. The number of halogens is 1. The van der Waals surface area contributed by atoms with Gasteiger partial charge in [0.25, 0.3) is 0 Å². The number of hydrogen-bond donors (Lipinski definition) is 1. The van der Waals surface area contributed by atoms with Crippen LogP contribution in [0.1, 0.15) is 24.5 Å². The monoisotopic (exact) mass is 300 g/mol. The summed E-state index contributed by atoms with van der Waals surface area (Å²) in [5.74, 6) is 0.648. The van der Waals surface area contributed by atoms with Crippen LogP contribution in [0.5, 0.6) is 0 Å². The summed E-state index contributed by atoms with van der Waals surface area (Å²) in [5, 5.41) is 7.90. The van der Waals surface area contributed by atoms with Gasteiger partial charge in [-0.3, -0.25) is 4.68 Å². The summed E-state index contributed by atoms with van der Waals surface area (Å²) >= 11 is 3.64. The zero-order valence-electron chi connectivity index (χ0n) is 10.6. The van der Waals surface area contributed by atoms with Gasteiger partial charge in [-0.2, -0.15) is 5.10 Å². The van der Waals surface area contributed by atoms with Crippen LogP contribution < -0.4 is 5.32 Å². The fourth-order valence-electron chi connectivity index (χ4n) is 2.35. The molecule has 1 N–H and O–H groups in total. The third-order valence-electron chi connectivity index (χ3n) is 3.32. The lowest BCUT2D eigenvalue weighted by atomic mass is 9.94. The number of hydrogen-bond acceptors (Lipinski definition) is 3. The van der Waals surface area contributed by atoms with Crippen molar-refractivity contribution in [2.45, 2.75) is 25.3 Å². The van der Waals surface area contributed by atoms with Gasteiger partial charge < -0.3 is 10.2 Å². The molecule has 5 heteroatoms.